The molecule has 2 fully saturated rings. The average Bonchev–Trinajstić information content (AvgIpc) is 3.14. The molecule has 3 rings (SSSR count). The second-order valence-corrected chi connectivity index (χ2v) is 7.03. The Morgan fingerprint density at radius 1 is 1.35 bits per heavy atom. The topological polar surface area (TPSA) is 40.1 Å². The van der Waals surface area contributed by atoms with Crippen LogP contribution in [0.25, 0.3) is 0 Å². The Bertz CT molecular complexity index is 477. The third-order valence-electron chi connectivity index (χ3n) is 4.45. The summed E-state index contributed by atoms with van der Waals surface area (Å²) in [5, 5.41) is 6.97. The van der Waals surface area contributed by atoms with Gasteiger partial charge in [0.1, 0.15) is 0 Å². The van der Waals surface area contributed by atoms with Gasteiger partial charge in [-0.2, -0.15) is 0 Å². The normalized spacial score (nSPS) is 23.2. The molecular weight excluding hydrogens is 308 g/mol. The summed E-state index contributed by atoms with van der Waals surface area (Å²) in [5.41, 5.74) is 0. The van der Waals surface area contributed by atoms with Gasteiger partial charge in [-0.3, -0.25) is 4.99 Å². The number of nitrogens with one attached hydrogen (secondary N) is 1. The number of nitrogens with zero attached hydrogens (tertiary/aromatic N) is 3. The number of hydrogen-bond acceptors (Lipinski definition) is 4. The summed E-state index contributed by atoms with van der Waals surface area (Å²) in [6.45, 7) is 8.90. The van der Waals surface area contributed by atoms with Crippen LogP contribution in [0.3, 0.4) is 0 Å². The Morgan fingerprint density at radius 2 is 2.22 bits per heavy atom. The summed E-state index contributed by atoms with van der Waals surface area (Å²) < 4.78 is 5.80. The molecule has 0 saturated carbocycles. The molecule has 2 saturated heterocycles. The minimum Gasteiger partial charge on any atom is -0.376 e. The van der Waals surface area contributed by atoms with Gasteiger partial charge in [0.25, 0.3) is 0 Å². The number of rotatable bonds is 4. The molecule has 0 amide bonds. The highest BCUT2D eigenvalue weighted by Gasteiger charge is 2.21. The molecule has 6 heteroatoms. The lowest BCUT2D eigenvalue weighted by molar-refractivity contribution is 0.0223. The SMILES string of the molecule is CCNC(=NCC1CCCCO1)N1CCN(c2cccs2)CC1. The van der Waals surface area contributed by atoms with E-state index in [4.69, 9.17) is 9.73 Å². The van der Waals surface area contributed by atoms with E-state index >= 15 is 0 Å². The van der Waals surface area contributed by atoms with E-state index < -0.39 is 0 Å². The van der Waals surface area contributed by atoms with Crippen LogP contribution < -0.4 is 10.2 Å². The summed E-state index contributed by atoms with van der Waals surface area (Å²) in [6, 6.07) is 4.34. The van der Waals surface area contributed by atoms with Crippen LogP contribution in [0.2, 0.25) is 0 Å². The highest BCUT2D eigenvalue weighted by atomic mass is 32.1. The second kappa shape index (κ2) is 8.55. The number of piperazine rings is 1. The van der Waals surface area contributed by atoms with Crippen molar-refractivity contribution in [2.45, 2.75) is 32.3 Å². The van der Waals surface area contributed by atoms with E-state index in [-0.39, 0.29) is 0 Å². The predicted octanol–water partition coefficient (Wildman–Crippen LogP) is 2.40. The van der Waals surface area contributed by atoms with Gasteiger partial charge in [-0.15, -0.1) is 11.3 Å². The standard InChI is InChI=1S/C17H28N4OS/c1-2-18-17(19-14-15-6-3-4-12-22-15)21-10-8-20(9-11-21)16-7-5-13-23-16/h5,7,13,15H,2-4,6,8-12,14H2,1H3,(H,18,19). The zero-order valence-electron chi connectivity index (χ0n) is 14.0. The van der Waals surface area contributed by atoms with Crippen molar-refractivity contribution in [3.63, 3.8) is 0 Å². The first-order chi connectivity index (χ1) is 11.4. The fourth-order valence-electron chi connectivity index (χ4n) is 3.15. The molecule has 2 aliphatic heterocycles. The third kappa shape index (κ3) is 4.61. The van der Waals surface area contributed by atoms with Gasteiger partial charge in [0.05, 0.1) is 17.6 Å². The maximum absolute atomic E-state index is 5.80. The maximum atomic E-state index is 5.80. The van der Waals surface area contributed by atoms with Gasteiger partial charge in [-0.1, -0.05) is 0 Å². The average molecular weight is 337 g/mol. The lowest BCUT2D eigenvalue weighted by Gasteiger charge is -2.37. The molecule has 2 aliphatic rings. The van der Waals surface area contributed by atoms with Crippen molar-refractivity contribution >= 4 is 22.3 Å². The van der Waals surface area contributed by atoms with Crippen molar-refractivity contribution < 1.29 is 4.74 Å². The summed E-state index contributed by atoms with van der Waals surface area (Å²) in [5.74, 6) is 1.05. The van der Waals surface area contributed by atoms with Crippen molar-refractivity contribution in [3.05, 3.63) is 17.5 Å². The van der Waals surface area contributed by atoms with Gasteiger partial charge < -0.3 is 19.9 Å². The molecule has 1 aromatic rings. The Kier molecular flexibility index (Phi) is 6.16. The first kappa shape index (κ1) is 16.6. The molecule has 0 aliphatic carbocycles. The smallest absolute Gasteiger partial charge is 0.194 e. The lowest BCUT2D eigenvalue weighted by atomic mass is 10.1. The van der Waals surface area contributed by atoms with Gasteiger partial charge >= 0.3 is 0 Å². The van der Waals surface area contributed by atoms with Crippen molar-refractivity contribution in [3.8, 4) is 0 Å². The number of ether oxygens (including phenoxy) is 1. The molecule has 23 heavy (non-hydrogen) atoms. The summed E-state index contributed by atoms with van der Waals surface area (Å²) in [4.78, 5) is 9.69. The van der Waals surface area contributed by atoms with Crippen LogP contribution in [-0.4, -0.2) is 62.8 Å². The zero-order chi connectivity index (χ0) is 15.9. The number of thiophene rings is 1. The largest absolute Gasteiger partial charge is 0.376 e. The van der Waals surface area contributed by atoms with Gasteiger partial charge in [-0.25, -0.2) is 0 Å². The molecule has 0 spiro atoms. The Hall–Kier alpha value is -1.27. The lowest BCUT2D eigenvalue weighted by Crippen LogP contribution is -2.52. The van der Waals surface area contributed by atoms with E-state index in [2.05, 4.69) is 39.6 Å². The van der Waals surface area contributed by atoms with Crippen LogP contribution in [0.1, 0.15) is 26.2 Å². The van der Waals surface area contributed by atoms with Crippen LogP contribution in [-0.2, 0) is 4.74 Å². The van der Waals surface area contributed by atoms with Gasteiger partial charge in [0, 0.05) is 39.3 Å². The highest BCUT2D eigenvalue weighted by Crippen LogP contribution is 2.22. The monoisotopic (exact) mass is 336 g/mol. The summed E-state index contributed by atoms with van der Waals surface area (Å²) >= 11 is 1.82. The summed E-state index contributed by atoms with van der Waals surface area (Å²) in [6.07, 6.45) is 3.93. The minimum atomic E-state index is 0.310. The van der Waals surface area contributed by atoms with Crippen LogP contribution in [0.15, 0.2) is 22.5 Å². The van der Waals surface area contributed by atoms with E-state index in [1.807, 2.05) is 11.3 Å². The second-order valence-electron chi connectivity index (χ2n) is 6.11. The van der Waals surface area contributed by atoms with Crippen LogP contribution >= 0.6 is 11.3 Å². The molecule has 1 unspecified atom stereocenters. The van der Waals surface area contributed by atoms with Gasteiger partial charge in [-0.05, 0) is 43.7 Å². The van der Waals surface area contributed by atoms with Crippen molar-refractivity contribution in [1.29, 1.82) is 0 Å². The molecule has 0 bridgehead atoms. The Balaban J connectivity index is 1.54. The molecule has 1 N–H and O–H groups in total. The van der Waals surface area contributed by atoms with E-state index in [1.54, 1.807) is 0 Å². The Labute approximate surface area is 143 Å². The predicted molar refractivity (Wildman–Crippen MR) is 97.7 cm³/mol. The number of anilines is 1. The first-order valence-corrected chi connectivity index (χ1v) is 9.68. The van der Waals surface area contributed by atoms with E-state index in [9.17, 15) is 0 Å². The third-order valence-corrected chi connectivity index (χ3v) is 5.38. The molecule has 1 aromatic heterocycles. The Morgan fingerprint density at radius 3 is 2.87 bits per heavy atom. The molecule has 0 radical (unpaired) electrons. The van der Waals surface area contributed by atoms with Gasteiger partial charge in [0.15, 0.2) is 5.96 Å². The maximum Gasteiger partial charge on any atom is 0.194 e. The van der Waals surface area contributed by atoms with E-state index in [0.717, 1.165) is 58.3 Å². The number of hydrogen-bond donors (Lipinski definition) is 1. The highest BCUT2D eigenvalue weighted by molar-refractivity contribution is 7.14. The molecule has 1 atom stereocenters. The minimum absolute atomic E-state index is 0.310. The fraction of sp³-hybridized carbons (Fsp3) is 0.706. The summed E-state index contributed by atoms with van der Waals surface area (Å²) in [7, 11) is 0. The van der Waals surface area contributed by atoms with E-state index in [0.29, 0.717) is 6.10 Å². The molecule has 3 heterocycles. The van der Waals surface area contributed by atoms with Crippen LogP contribution in [0.5, 0.6) is 0 Å². The van der Waals surface area contributed by atoms with Crippen molar-refractivity contribution in [2.24, 2.45) is 4.99 Å². The molecule has 128 valence electrons. The van der Waals surface area contributed by atoms with Crippen molar-refractivity contribution in [2.75, 3.05) is 50.8 Å². The van der Waals surface area contributed by atoms with E-state index in [1.165, 1.54) is 17.8 Å². The first-order valence-electron chi connectivity index (χ1n) is 8.80. The van der Waals surface area contributed by atoms with Crippen LogP contribution in [0, 0.1) is 0 Å². The zero-order valence-corrected chi connectivity index (χ0v) is 14.9. The molecular formula is C17H28N4OS. The van der Waals surface area contributed by atoms with Crippen molar-refractivity contribution in [1.82, 2.24) is 10.2 Å². The fourth-order valence-corrected chi connectivity index (χ4v) is 3.94. The molecule has 0 aromatic carbocycles. The van der Waals surface area contributed by atoms with Crippen LogP contribution in [0.4, 0.5) is 5.00 Å². The quantitative estimate of drug-likeness (QED) is 0.677. The number of aliphatic imine (C=N–C) groups is 1. The number of guanidine groups is 1. The van der Waals surface area contributed by atoms with Gasteiger partial charge in [0.2, 0.25) is 0 Å². The molecule has 5 nitrogen and oxygen atoms in total.